The van der Waals surface area contributed by atoms with Crippen molar-refractivity contribution in [2.45, 2.75) is 145 Å². The van der Waals surface area contributed by atoms with E-state index in [1.165, 1.54) is 41.5 Å². The van der Waals surface area contributed by atoms with E-state index < -0.39 is 88.7 Å². The highest BCUT2D eigenvalue weighted by Gasteiger charge is 2.35. The third-order valence-electron chi connectivity index (χ3n) is 9.31. The number of carbonyl (C=O) groups excluding carboxylic acids is 10. The topological polar surface area (TPSA) is 376 Å². The molecule has 1 aliphatic rings. The number of rotatable bonds is 23. The molecule has 396 valence electrons. The van der Waals surface area contributed by atoms with Crippen LogP contribution >= 0.6 is 0 Å². The van der Waals surface area contributed by atoms with Gasteiger partial charge in [0.25, 0.3) is 11.8 Å². The maximum atomic E-state index is 12.3. The molecule has 0 spiro atoms. The van der Waals surface area contributed by atoms with Crippen LogP contribution in [0.25, 0.3) is 0 Å². The third kappa shape index (κ3) is 28.1. The number of ketones is 1. The molecule has 0 radical (unpaired) electrons. The maximum Gasteiger partial charge on any atom is 0.340 e. The minimum absolute atomic E-state index is 0. The Labute approximate surface area is 405 Å². The normalized spacial score (nSPS) is 15.4. The number of amides is 8. The van der Waals surface area contributed by atoms with Crippen LogP contribution in [0.1, 0.15) is 97.4 Å². The number of ether oxygens (including phenoxy) is 1. The lowest BCUT2D eigenvalue weighted by atomic mass is 10.0. The smallest absolute Gasteiger partial charge is 0.340 e. The molecular weight excluding hydrogens is 909 g/mol. The summed E-state index contributed by atoms with van der Waals surface area (Å²) in [5, 5.41) is 29.2. The molecule has 8 amide bonds. The number of esters is 1. The van der Waals surface area contributed by atoms with Crippen molar-refractivity contribution in [3.63, 3.8) is 0 Å². The average molecular weight is 991 g/mol. The number of carboxylic acids is 1. The van der Waals surface area contributed by atoms with Crippen LogP contribution in [0, 0.1) is 0 Å². The van der Waals surface area contributed by atoms with Crippen LogP contribution in [0.4, 0.5) is 0 Å². The van der Waals surface area contributed by atoms with Crippen molar-refractivity contribution in [3.05, 3.63) is 0 Å². The zero-order valence-electron chi connectivity index (χ0n) is 42.6. The Bertz CT molecular complexity index is 1870. The van der Waals surface area contributed by atoms with Gasteiger partial charge in [0, 0.05) is 13.8 Å². The lowest BCUT2D eigenvalue weighted by molar-refractivity contribution is -0.926. The molecule has 0 aromatic rings. The van der Waals surface area contributed by atoms with E-state index in [-0.39, 0.29) is 66.6 Å². The highest BCUT2D eigenvalue weighted by molar-refractivity contribution is 5.98. The highest BCUT2D eigenvalue weighted by Crippen LogP contribution is 2.18. The van der Waals surface area contributed by atoms with Gasteiger partial charge in [0.1, 0.15) is 23.7 Å². The monoisotopic (exact) mass is 991 g/mol. The molecule has 69 heavy (non-hydrogen) atoms. The van der Waals surface area contributed by atoms with Crippen LogP contribution in [-0.4, -0.2) is 187 Å². The molecular formula is C42H82N14O13+2. The fourth-order valence-corrected chi connectivity index (χ4v) is 4.87. The molecule has 0 saturated heterocycles. The van der Waals surface area contributed by atoms with Gasteiger partial charge in [0.2, 0.25) is 35.4 Å². The predicted octanol–water partition coefficient (Wildman–Crippen LogP) is -3.88. The Hall–Kier alpha value is -6.16. The molecule has 6 atom stereocenters. The van der Waals surface area contributed by atoms with Gasteiger partial charge in [0.05, 0.1) is 59.4 Å². The van der Waals surface area contributed by atoms with E-state index in [0.717, 1.165) is 0 Å². The van der Waals surface area contributed by atoms with Crippen molar-refractivity contribution in [2.24, 2.45) is 10.7 Å². The van der Waals surface area contributed by atoms with Gasteiger partial charge in [-0.1, -0.05) is 7.43 Å². The standard InChI is InChI=1S/C20H37N7O7.C15H30N6O4.C6H9NO2.CH4/c1-11(16(30)23-12(2)17(31)24-13(3)18(32)33)21-9-15(29)26-27(7,8)10-22-19(34)20(5,6)25-14(4)28;1-9(12(4)22)18-15(25)11(3)19-14(24)10(2)17-7-13(23)20-21(5,6)8-16;1-4-7-6(2,3)5(8)9-4;/h11-13,21H,9-10H2,1-8H3,(H5-,22,23,24,25,26,28,29,30,31,32,33,34);9-11,17H,7-8,16H2,1-6H3,(H2-,18,19,20,23,24,25);1-3H3;1H4/p+2/t11-,12-,13-;9-,10-,11-;;/m11../s1. The SMILES string of the molecule is C.CC(=O)NC(C)(C)C(=O)NC[N+](C)(C)NC(=O)CN[C@H](C)C(=O)N[C@H](C)C(=O)N[C@H](C)C(=O)O.CC(=O)[C@@H](C)NC(=O)[C@@H](C)NC(=O)[C@@H](C)NCC(=O)N[N+](C)(C)CN.CC1=NC(C)(C)C(=O)O1. The molecule has 1 aliphatic heterocycles. The lowest BCUT2D eigenvalue weighted by Gasteiger charge is -2.31. The number of nitrogens with two attached hydrogens (primary N) is 1. The minimum Gasteiger partial charge on any atom is -0.480 e. The number of carbonyl (C=O) groups is 11. The first-order chi connectivity index (χ1) is 30.8. The van der Waals surface area contributed by atoms with Crippen LogP contribution in [0.15, 0.2) is 4.99 Å². The minimum atomic E-state index is -1.20. The van der Waals surface area contributed by atoms with Crippen LogP contribution in [0.5, 0.6) is 0 Å². The van der Waals surface area contributed by atoms with E-state index in [1.807, 2.05) is 0 Å². The first-order valence-corrected chi connectivity index (χ1v) is 21.5. The fourth-order valence-electron chi connectivity index (χ4n) is 4.87. The molecule has 0 aliphatic carbocycles. The van der Waals surface area contributed by atoms with E-state index >= 15 is 0 Å². The molecule has 27 nitrogen and oxygen atoms in total. The van der Waals surface area contributed by atoms with Crippen LogP contribution in [0.2, 0.25) is 0 Å². The second-order valence-corrected chi connectivity index (χ2v) is 18.2. The molecule has 1 rings (SSSR count). The average Bonchev–Trinajstić information content (AvgIpc) is 3.44. The zero-order chi connectivity index (χ0) is 53.7. The Morgan fingerprint density at radius 2 is 1.06 bits per heavy atom. The molecule has 0 aromatic heterocycles. The number of aliphatic carboxylic acids is 1. The van der Waals surface area contributed by atoms with Crippen molar-refractivity contribution < 1.29 is 71.8 Å². The van der Waals surface area contributed by atoms with Gasteiger partial charge in [-0.3, -0.25) is 64.3 Å². The van der Waals surface area contributed by atoms with Crippen molar-refractivity contribution >= 4 is 70.9 Å². The van der Waals surface area contributed by atoms with E-state index in [1.54, 1.807) is 76.7 Å². The summed E-state index contributed by atoms with van der Waals surface area (Å²) >= 11 is 0. The number of nitrogens with one attached hydrogen (secondary N) is 10. The number of hydrogen-bond donors (Lipinski definition) is 12. The summed E-state index contributed by atoms with van der Waals surface area (Å²) in [6.07, 6.45) is 0. The van der Waals surface area contributed by atoms with Gasteiger partial charge in [-0.15, -0.1) is 0 Å². The van der Waals surface area contributed by atoms with Gasteiger partial charge in [-0.2, -0.15) is 5.43 Å². The first kappa shape index (κ1) is 67.1. The molecule has 0 fully saturated rings. The number of Topliss-reactive ketones (excluding diaryl/α,β-unsaturated/α-hetero) is 1. The molecule has 0 unspecified atom stereocenters. The Morgan fingerprint density at radius 1 is 0.681 bits per heavy atom. The summed E-state index contributed by atoms with van der Waals surface area (Å²) in [5.74, 6) is -4.82. The van der Waals surface area contributed by atoms with Crippen molar-refractivity contribution in [1.29, 1.82) is 0 Å². The maximum absolute atomic E-state index is 12.3. The van der Waals surface area contributed by atoms with Crippen LogP contribution in [-0.2, 0) is 57.5 Å². The number of hydrogen-bond acceptors (Lipinski definition) is 16. The Morgan fingerprint density at radius 3 is 1.38 bits per heavy atom. The van der Waals surface area contributed by atoms with Crippen LogP contribution in [0.3, 0.4) is 0 Å². The van der Waals surface area contributed by atoms with E-state index in [0.29, 0.717) is 5.90 Å². The van der Waals surface area contributed by atoms with Crippen molar-refractivity contribution in [3.8, 4) is 0 Å². The first-order valence-electron chi connectivity index (χ1n) is 21.5. The van der Waals surface area contributed by atoms with Crippen LogP contribution < -0.4 is 59.1 Å². The Balaban J connectivity index is -0.00000108. The van der Waals surface area contributed by atoms with Gasteiger partial charge in [-0.25, -0.2) is 24.4 Å². The number of carboxylic acid groups (broad SMARTS) is 1. The largest absolute Gasteiger partial charge is 0.480 e. The predicted molar refractivity (Wildman–Crippen MR) is 254 cm³/mol. The van der Waals surface area contributed by atoms with Gasteiger partial charge < -0.3 is 41.7 Å². The quantitative estimate of drug-likeness (QED) is 0.0202. The second kappa shape index (κ2) is 29.7. The molecule has 27 heteroatoms. The lowest BCUT2D eigenvalue weighted by Crippen LogP contribution is -2.63. The molecule has 13 N–H and O–H groups in total. The van der Waals surface area contributed by atoms with Gasteiger partial charge >= 0.3 is 11.9 Å². The van der Waals surface area contributed by atoms with Gasteiger partial charge in [0.15, 0.2) is 30.6 Å². The number of cyclic esters (lactones) is 1. The number of aliphatic imine (C=N–C) groups is 1. The molecule has 0 aromatic carbocycles. The fraction of sp³-hybridized carbons (Fsp3) is 0.714. The number of nitrogens with zero attached hydrogens (tertiary/aromatic N) is 3. The van der Waals surface area contributed by atoms with Gasteiger partial charge in [-0.05, 0) is 76.2 Å². The Kier molecular flexibility index (Phi) is 28.9. The summed E-state index contributed by atoms with van der Waals surface area (Å²) in [6.45, 7) is 19.7. The summed E-state index contributed by atoms with van der Waals surface area (Å²) in [4.78, 5) is 132. The molecule has 1 heterocycles. The summed E-state index contributed by atoms with van der Waals surface area (Å²) < 4.78 is 4.70. The van der Waals surface area contributed by atoms with Crippen molar-refractivity contribution in [1.82, 2.24) is 53.4 Å². The third-order valence-corrected chi connectivity index (χ3v) is 9.31. The number of quaternary nitrogens is 2. The van der Waals surface area contributed by atoms with Crippen molar-refractivity contribution in [2.75, 3.05) is 54.6 Å². The van der Waals surface area contributed by atoms with E-state index in [2.05, 4.69) is 63.1 Å². The molecule has 0 bridgehead atoms. The second-order valence-electron chi connectivity index (χ2n) is 18.2. The highest BCUT2D eigenvalue weighted by atomic mass is 16.6. The summed E-state index contributed by atoms with van der Waals surface area (Å²) in [7, 11) is 6.74. The summed E-state index contributed by atoms with van der Waals surface area (Å²) in [6, 6.07) is -5.01. The van der Waals surface area contributed by atoms with E-state index in [4.69, 9.17) is 10.8 Å². The molecule has 0 saturated carbocycles. The van der Waals surface area contributed by atoms with E-state index in [9.17, 15) is 52.7 Å². The summed E-state index contributed by atoms with van der Waals surface area (Å²) in [5.41, 5.74) is 9.08. The zero-order valence-corrected chi connectivity index (χ0v) is 42.6.